The fraction of sp³-hybridized carbons (Fsp3) is 0.167. The summed E-state index contributed by atoms with van der Waals surface area (Å²) in [6.45, 7) is 0. The van der Waals surface area contributed by atoms with Crippen molar-refractivity contribution in [2.24, 2.45) is 0 Å². The maximum Gasteiger partial charge on any atom is 0.174 e. The van der Waals surface area contributed by atoms with Gasteiger partial charge in [-0.15, -0.1) is 11.3 Å². The van der Waals surface area contributed by atoms with Gasteiger partial charge < -0.3 is 0 Å². The zero-order chi connectivity index (χ0) is 13.6. The van der Waals surface area contributed by atoms with Crippen molar-refractivity contribution in [1.29, 1.82) is 0 Å². The second-order valence-electron chi connectivity index (χ2n) is 5.42. The molecule has 0 spiro atoms. The molecule has 0 bridgehead atoms. The third kappa shape index (κ3) is 1.65. The Labute approximate surface area is 121 Å². The zero-order valence-electron chi connectivity index (χ0n) is 11.0. The lowest BCUT2D eigenvalue weighted by Gasteiger charge is -2.14. The molecule has 1 nitrogen and oxygen atoms in total. The molecule has 1 aliphatic rings. The van der Waals surface area contributed by atoms with Crippen LogP contribution in [0, 0.1) is 0 Å². The maximum atomic E-state index is 13.0. The molecule has 0 aliphatic heterocycles. The second-order valence-corrected chi connectivity index (χ2v) is 6.33. The molecular weight excluding hydrogens is 264 g/mol. The first-order valence-electron chi connectivity index (χ1n) is 6.88. The molecule has 0 N–H and O–H groups in total. The van der Waals surface area contributed by atoms with Gasteiger partial charge in [-0.3, -0.25) is 4.79 Å². The molecule has 1 fully saturated rings. The number of rotatable bonds is 3. The van der Waals surface area contributed by atoms with Crippen LogP contribution in [0.5, 0.6) is 0 Å². The molecule has 0 atom stereocenters. The molecule has 0 amide bonds. The van der Waals surface area contributed by atoms with Gasteiger partial charge in [0.25, 0.3) is 0 Å². The molecule has 1 heterocycles. The summed E-state index contributed by atoms with van der Waals surface area (Å²) in [5.74, 6) is 0.293. The van der Waals surface area contributed by atoms with Gasteiger partial charge in [-0.1, -0.05) is 48.5 Å². The van der Waals surface area contributed by atoms with Crippen LogP contribution in [0.15, 0.2) is 60.0 Å². The topological polar surface area (TPSA) is 17.1 Å². The van der Waals surface area contributed by atoms with Gasteiger partial charge in [0.05, 0.1) is 5.41 Å². The van der Waals surface area contributed by atoms with Crippen LogP contribution < -0.4 is 0 Å². The molecule has 0 radical (unpaired) electrons. The van der Waals surface area contributed by atoms with Crippen molar-refractivity contribution in [3.63, 3.8) is 0 Å². The molecule has 2 aromatic carbocycles. The molecule has 0 unspecified atom stereocenters. The van der Waals surface area contributed by atoms with E-state index in [4.69, 9.17) is 0 Å². The number of ketones is 1. The van der Waals surface area contributed by atoms with Crippen LogP contribution >= 0.6 is 11.3 Å². The fourth-order valence-electron chi connectivity index (χ4n) is 2.94. The van der Waals surface area contributed by atoms with E-state index in [1.807, 2.05) is 35.7 Å². The molecule has 3 aromatic rings. The molecule has 4 rings (SSSR count). The van der Waals surface area contributed by atoms with Gasteiger partial charge in [0.15, 0.2) is 5.78 Å². The minimum Gasteiger partial charge on any atom is -0.293 e. The molecule has 1 aliphatic carbocycles. The molecule has 1 saturated carbocycles. The summed E-state index contributed by atoms with van der Waals surface area (Å²) in [4.78, 5) is 13.0. The first kappa shape index (κ1) is 11.9. The summed E-state index contributed by atoms with van der Waals surface area (Å²) in [5.41, 5.74) is 1.80. The minimum absolute atomic E-state index is 0.259. The largest absolute Gasteiger partial charge is 0.293 e. The number of benzene rings is 2. The predicted molar refractivity (Wildman–Crippen MR) is 83.5 cm³/mol. The zero-order valence-corrected chi connectivity index (χ0v) is 11.8. The van der Waals surface area contributed by atoms with Crippen molar-refractivity contribution in [1.82, 2.24) is 0 Å². The highest BCUT2D eigenvalue weighted by Crippen LogP contribution is 2.51. The van der Waals surface area contributed by atoms with Crippen LogP contribution in [0.25, 0.3) is 10.1 Å². The minimum atomic E-state index is -0.259. The highest BCUT2D eigenvalue weighted by molar-refractivity contribution is 7.17. The Hall–Kier alpha value is -1.93. The monoisotopic (exact) mass is 278 g/mol. The predicted octanol–water partition coefficient (Wildman–Crippen LogP) is 4.82. The Balaban J connectivity index is 1.82. The summed E-state index contributed by atoms with van der Waals surface area (Å²) in [5, 5.41) is 3.13. The fourth-order valence-corrected chi connectivity index (χ4v) is 3.88. The lowest BCUT2D eigenvalue weighted by Crippen LogP contribution is -2.20. The SMILES string of the molecule is O=C(c1csc2ccccc12)C1(c2ccccc2)CC1. The normalized spacial score (nSPS) is 16.2. The van der Waals surface area contributed by atoms with Gasteiger partial charge in [0.2, 0.25) is 0 Å². The molecule has 20 heavy (non-hydrogen) atoms. The lowest BCUT2D eigenvalue weighted by molar-refractivity contribution is 0.0948. The third-order valence-electron chi connectivity index (χ3n) is 4.24. The van der Waals surface area contributed by atoms with E-state index in [1.54, 1.807) is 11.3 Å². The van der Waals surface area contributed by atoms with Crippen molar-refractivity contribution in [2.75, 3.05) is 0 Å². The van der Waals surface area contributed by atoms with Crippen molar-refractivity contribution in [2.45, 2.75) is 18.3 Å². The number of carbonyl (C=O) groups is 1. The van der Waals surface area contributed by atoms with Crippen LogP contribution in [-0.4, -0.2) is 5.78 Å². The molecule has 2 heteroatoms. The third-order valence-corrected chi connectivity index (χ3v) is 5.20. The van der Waals surface area contributed by atoms with E-state index in [-0.39, 0.29) is 5.41 Å². The van der Waals surface area contributed by atoms with Crippen molar-refractivity contribution >= 4 is 27.2 Å². The average Bonchev–Trinajstić information content (AvgIpc) is 3.21. The van der Waals surface area contributed by atoms with Gasteiger partial charge in [-0.2, -0.15) is 0 Å². The number of Topliss-reactive ketones (excluding diaryl/α,β-unsaturated/α-hetero) is 1. The molecule has 1 aromatic heterocycles. The lowest BCUT2D eigenvalue weighted by atomic mass is 9.87. The van der Waals surface area contributed by atoms with Crippen LogP contribution in [0.1, 0.15) is 28.8 Å². The summed E-state index contributed by atoms with van der Waals surface area (Å²) in [7, 11) is 0. The van der Waals surface area contributed by atoms with Gasteiger partial charge in [0, 0.05) is 21.0 Å². The van der Waals surface area contributed by atoms with E-state index >= 15 is 0 Å². The Morgan fingerprint density at radius 2 is 1.65 bits per heavy atom. The number of carbonyl (C=O) groups excluding carboxylic acids is 1. The van der Waals surface area contributed by atoms with Crippen LogP contribution in [0.3, 0.4) is 0 Å². The standard InChI is InChI=1S/C18H14OS/c19-17(15-12-20-16-9-5-4-8-14(15)16)18(10-11-18)13-6-2-1-3-7-13/h1-9,12H,10-11H2. The van der Waals surface area contributed by atoms with Gasteiger partial charge in [0.1, 0.15) is 0 Å². The van der Waals surface area contributed by atoms with E-state index in [9.17, 15) is 4.79 Å². The van der Waals surface area contributed by atoms with Gasteiger partial charge in [-0.05, 0) is 24.5 Å². The van der Waals surface area contributed by atoms with Crippen molar-refractivity contribution < 1.29 is 4.79 Å². The van der Waals surface area contributed by atoms with E-state index in [0.717, 1.165) is 23.8 Å². The smallest absolute Gasteiger partial charge is 0.174 e. The Morgan fingerprint density at radius 1 is 0.950 bits per heavy atom. The van der Waals surface area contributed by atoms with E-state index in [0.29, 0.717) is 5.78 Å². The first-order chi connectivity index (χ1) is 9.81. The number of hydrogen-bond acceptors (Lipinski definition) is 2. The first-order valence-corrected chi connectivity index (χ1v) is 7.76. The molecule has 0 saturated heterocycles. The Kier molecular flexibility index (Phi) is 2.54. The number of hydrogen-bond donors (Lipinski definition) is 0. The van der Waals surface area contributed by atoms with Crippen LogP contribution in [0.2, 0.25) is 0 Å². The van der Waals surface area contributed by atoms with Crippen molar-refractivity contribution in [3.8, 4) is 0 Å². The Bertz CT molecular complexity index is 781. The van der Waals surface area contributed by atoms with Gasteiger partial charge in [-0.25, -0.2) is 0 Å². The number of fused-ring (bicyclic) bond motifs is 1. The summed E-state index contributed by atoms with van der Waals surface area (Å²) < 4.78 is 1.19. The van der Waals surface area contributed by atoms with Gasteiger partial charge >= 0.3 is 0 Å². The Morgan fingerprint density at radius 3 is 2.40 bits per heavy atom. The highest BCUT2D eigenvalue weighted by atomic mass is 32.1. The van der Waals surface area contributed by atoms with Crippen LogP contribution in [0.4, 0.5) is 0 Å². The second kappa shape index (κ2) is 4.29. The van der Waals surface area contributed by atoms with E-state index in [1.165, 1.54) is 10.3 Å². The number of thiophene rings is 1. The molecule has 98 valence electrons. The molecular formula is C18H14OS. The summed E-state index contributed by atoms with van der Waals surface area (Å²) in [6, 6.07) is 18.4. The van der Waals surface area contributed by atoms with Crippen LogP contribution in [-0.2, 0) is 5.41 Å². The summed E-state index contributed by atoms with van der Waals surface area (Å²) in [6.07, 6.45) is 1.94. The average molecular weight is 278 g/mol. The highest BCUT2D eigenvalue weighted by Gasteiger charge is 2.51. The summed E-state index contributed by atoms with van der Waals surface area (Å²) >= 11 is 1.66. The maximum absolute atomic E-state index is 13.0. The van der Waals surface area contributed by atoms with E-state index in [2.05, 4.69) is 24.3 Å². The van der Waals surface area contributed by atoms with E-state index < -0.39 is 0 Å². The quantitative estimate of drug-likeness (QED) is 0.628. The van der Waals surface area contributed by atoms with Crippen molar-refractivity contribution in [3.05, 3.63) is 71.1 Å².